The molecule has 1 saturated heterocycles. The van der Waals surface area contributed by atoms with Gasteiger partial charge in [-0.15, -0.1) is 11.3 Å². The molecule has 0 saturated carbocycles. The molecule has 3 rings (SSSR count). The van der Waals surface area contributed by atoms with Gasteiger partial charge in [0.1, 0.15) is 5.76 Å². The first-order chi connectivity index (χ1) is 13.4. The predicted octanol–water partition coefficient (Wildman–Crippen LogP) is 1.30. The minimum atomic E-state index is -0.872. The molecule has 1 fully saturated rings. The molecule has 9 nitrogen and oxygen atoms in total. The molecular formula is C18H21N3O6S. The van der Waals surface area contributed by atoms with Crippen molar-refractivity contribution in [3.63, 3.8) is 0 Å². The van der Waals surface area contributed by atoms with Crippen LogP contribution in [-0.2, 0) is 19.7 Å². The zero-order chi connectivity index (χ0) is 20.1. The topological polar surface area (TPSA) is 131 Å². The number of hydrogen-bond donors (Lipinski definition) is 3. The van der Waals surface area contributed by atoms with Gasteiger partial charge in [-0.1, -0.05) is 0 Å². The number of aromatic hydroxyl groups is 1. The van der Waals surface area contributed by atoms with E-state index in [2.05, 4.69) is 15.6 Å². The van der Waals surface area contributed by atoms with Crippen LogP contribution in [0.4, 0.5) is 5.13 Å². The fraction of sp³-hybridized carbons (Fsp3) is 0.444. The third-order valence-corrected chi connectivity index (χ3v) is 5.29. The Morgan fingerprint density at radius 2 is 2.07 bits per heavy atom. The monoisotopic (exact) mass is 407 g/mol. The zero-order valence-corrected chi connectivity index (χ0v) is 16.1. The first-order valence-corrected chi connectivity index (χ1v) is 9.65. The minimum Gasteiger partial charge on any atom is -0.502 e. The molecule has 0 spiro atoms. The van der Waals surface area contributed by atoms with E-state index in [-0.39, 0.29) is 24.6 Å². The number of carbonyl (C=O) groups is 2. The maximum absolute atomic E-state index is 12.5. The summed E-state index contributed by atoms with van der Waals surface area (Å²) in [7, 11) is 0. The van der Waals surface area contributed by atoms with Gasteiger partial charge in [-0.2, -0.15) is 0 Å². The van der Waals surface area contributed by atoms with Gasteiger partial charge in [-0.05, 0) is 19.8 Å². The Hall–Kier alpha value is -2.72. The number of aryl methyl sites for hydroxylation is 1. The van der Waals surface area contributed by atoms with E-state index in [1.807, 2.05) is 0 Å². The van der Waals surface area contributed by atoms with Crippen molar-refractivity contribution in [3.8, 4) is 5.75 Å². The van der Waals surface area contributed by atoms with Crippen LogP contribution in [0.2, 0.25) is 0 Å². The summed E-state index contributed by atoms with van der Waals surface area (Å²) >= 11 is 1.28. The average molecular weight is 407 g/mol. The van der Waals surface area contributed by atoms with Gasteiger partial charge in [0.25, 0.3) is 0 Å². The number of anilines is 1. The van der Waals surface area contributed by atoms with Gasteiger partial charge in [0, 0.05) is 42.7 Å². The second-order valence-electron chi connectivity index (χ2n) is 6.63. The summed E-state index contributed by atoms with van der Waals surface area (Å²) in [5, 5.41) is 17.6. The Bertz CT molecular complexity index is 903. The average Bonchev–Trinajstić information content (AvgIpc) is 3.16. The summed E-state index contributed by atoms with van der Waals surface area (Å²) in [4.78, 5) is 40.4. The van der Waals surface area contributed by atoms with E-state index in [0.29, 0.717) is 36.9 Å². The van der Waals surface area contributed by atoms with Crippen molar-refractivity contribution in [1.82, 2.24) is 10.3 Å². The lowest BCUT2D eigenvalue weighted by Gasteiger charge is -2.35. The number of ether oxygens (including phenoxy) is 1. The van der Waals surface area contributed by atoms with Crippen molar-refractivity contribution < 1.29 is 23.8 Å². The lowest BCUT2D eigenvalue weighted by atomic mass is 9.74. The van der Waals surface area contributed by atoms with Crippen molar-refractivity contribution in [2.75, 3.05) is 25.1 Å². The summed E-state index contributed by atoms with van der Waals surface area (Å²) in [6.45, 7) is 2.14. The van der Waals surface area contributed by atoms with E-state index < -0.39 is 22.5 Å². The van der Waals surface area contributed by atoms with Crippen LogP contribution < -0.4 is 16.1 Å². The van der Waals surface area contributed by atoms with Gasteiger partial charge in [0.15, 0.2) is 10.9 Å². The third kappa shape index (κ3) is 4.57. The van der Waals surface area contributed by atoms with Crippen LogP contribution in [0.15, 0.2) is 26.9 Å². The first-order valence-electron chi connectivity index (χ1n) is 8.78. The van der Waals surface area contributed by atoms with E-state index in [1.54, 1.807) is 18.5 Å². The standard InChI is InChI=1S/C18H21N3O6S/c1-11-8-12(22)15(25)16(27-11)18(2-5-26-6-3-18)9-13(23)20-10-14(24)21-17-19-4-7-28-17/h4,7-8,25H,2-3,5-6,9-10H2,1H3,(H,20,23)(H,19,21,24). The van der Waals surface area contributed by atoms with Crippen molar-refractivity contribution >= 4 is 28.3 Å². The fourth-order valence-corrected chi connectivity index (χ4v) is 3.75. The number of nitrogens with one attached hydrogen (secondary N) is 2. The molecule has 0 bridgehead atoms. The predicted molar refractivity (Wildman–Crippen MR) is 101 cm³/mol. The molecule has 10 heteroatoms. The van der Waals surface area contributed by atoms with Gasteiger partial charge in [-0.25, -0.2) is 4.98 Å². The van der Waals surface area contributed by atoms with E-state index in [0.717, 1.165) is 0 Å². The summed E-state index contributed by atoms with van der Waals surface area (Å²) < 4.78 is 11.0. The number of nitrogens with zero attached hydrogens (tertiary/aromatic N) is 1. The van der Waals surface area contributed by atoms with Gasteiger partial charge in [0.2, 0.25) is 23.0 Å². The van der Waals surface area contributed by atoms with Crippen LogP contribution in [0, 0.1) is 6.92 Å². The molecule has 1 aliphatic rings. The number of carbonyl (C=O) groups excluding carboxylic acids is 2. The Morgan fingerprint density at radius 3 is 2.75 bits per heavy atom. The fourth-order valence-electron chi connectivity index (χ4n) is 3.21. The molecule has 2 aromatic heterocycles. The largest absolute Gasteiger partial charge is 0.502 e. The summed E-state index contributed by atoms with van der Waals surface area (Å²) in [6.07, 6.45) is 2.34. The van der Waals surface area contributed by atoms with Crippen LogP contribution in [0.1, 0.15) is 30.8 Å². The number of aromatic nitrogens is 1. The van der Waals surface area contributed by atoms with E-state index >= 15 is 0 Å². The molecule has 2 amide bonds. The minimum absolute atomic E-state index is 0.0408. The highest BCUT2D eigenvalue weighted by Crippen LogP contribution is 2.41. The Balaban J connectivity index is 1.71. The number of rotatable bonds is 6. The maximum Gasteiger partial charge on any atom is 0.245 e. The summed E-state index contributed by atoms with van der Waals surface area (Å²) in [5.41, 5.74) is -1.42. The molecular weight excluding hydrogens is 386 g/mol. The highest BCUT2D eigenvalue weighted by molar-refractivity contribution is 7.13. The van der Waals surface area contributed by atoms with E-state index in [1.165, 1.54) is 17.4 Å². The zero-order valence-electron chi connectivity index (χ0n) is 15.3. The van der Waals surface area contributed by atoms with Crippen molar-refractivity contribution in [1.29, 1.82) is 0 Å². The van der Waals surface area contributed by atoms with Crippen molar-refractivity contribution in [3.05, 3.63) is 39.4 Å². The van der Waals surface area contributed by atoms with Gasteiger partial charge >= 0.3 is 0 Å². The Morgan fingerprint density at radius 1 is 1.32 bits per heavy atom. The number of amides is 2. The molecule has 0 aliphatic carbocycles. The second kappa shape index (κ2) is 8.53. The number of hydrogen-bond acceptors (Lipinski definition) is 8. The molecule has 2 aromatic rings. The van der Waals surface area contributed by atoms with Gasteiger partial charge < -0.3 is 24.9 Å². The molecule has 3 heterocycles. The SMILES string of the molecule is Cc1cc(=O)c(O)c(C2(CC(=O)NCC(=O)Nc3nccs3)CCOCC2)o1. The molecule has 3 N–H and O–H groups in total. The van der Waals surface area contributed by atoms with Crippen molar-refractivity contribution in [2.24, 2.45) is 0 Å². The quantitative estimate of drug-likeness (QED) is 0.658. The van der Waals surface area contributed by atoms with Crippen LogP contribution in [0.3, 0.4) is 0 Å². The first kappa shape index (κ1) is 20.0. The van der Waals surface area contributed by atoms with Crippen LogP contribution in [-0.4, -0.2) is 41.7 Å². The lowest BCUT2D eigenvalue weighted by molar-refractivity contribution is -0.126. The molecule has 0 atom stereocenters. The second-order valence-corrected chi connectivity index (χ2v) is 7.53. The van der Waals surface area contributed by atoms with E-state index in [4.69, 9.17) is 9.15 Å². The van der Waals surface area contributed by atoms with Crippen LogP contribution in [0.25, 0.3) is 0 Å². The Kier molecular flexibility index (Phi) is 6.10. The van der Waals surface area contributed by atoms with E-state index in [9.17, 15) is 19.5 Å². The van der Waals surface area contributed by atoms with Crippen molar-refractivity contribution in [2.45, 2.75) is 31.6 Å². The molecule has 28 heavy (non-hydrogen) atoms. The molecule has 0 radical (unpaired) electrons. The normalized spacial score (nSPS) is 15.8. The molecule has 150 valence electrons. The summed E-state index contributed by atoms with van der Waals surface area (Å²) in [5.74, 6) is -0.814. The molecule has 0 aromatic carbocycles. The molecule has 0 unspecified atom stereocenters. The highest BCUT2D eigenvalue weighted by atomic mass is 32.1. The smallest absolute Gasteiger partial charge is 0.245 e. The van der Waals surface area contributed by atoms with Gasteiger partial charge in [-0.3, -0.25) is 14.4 Å². The Labute approximate surface area is 164 Å². The van der Waals surface area contributed by atoms with Crippen LogP contribution >= 0.6 is 11.3 Å². The lowest BCUT2D eigenvalue weighted by Crippen LogP contribution is -2.41. The molecule has 1 aliphatic heterocycles. The summed E-state index contributed by atoms with van der Waals surface area (Å²) in [6, 6.07) is 1.20. The third-order valence-electron chi connectivity index (χ3n) is 4.60. The highest BCUT2D eigenvalue weighted by Gasteiger charge is 2.42. The maximum atomic E-state index is 12.5. The van der Waals surface area contributed by atoms with Crippen LogP contribution in [0.5, 0.6) is 5.75 Å². The van der Waals surface area contributed by atoms with Gasteiger partial charge in [0.05, 0.1) is 6.54 Å². The number of thiazole rings is 1.